The van der Waals surface area contributed by atoms with Crippen molar-refractivity contribution in [3.63, 3.8) is 0 Å². The Hall–Kier alpha value is -1.88. The van der Waals surface area contributed by atoms with Crippen LogP contribution in [0.1, 0.15) is 17.3 Å². The summed E-state index contributed by atoms with van der Waals surface area (Å²) in [4.78, 5) is 25.3. The lowest BCUT2D eigenvalue weighted by atomic mass is 9.94. The van der Waals surface area contributed by atoms with E-state index in [4.69, 9.17) is 4.74 Å². The van der Waals surface area contributed by atoms with Crippen LogP contribution in [-0.2, 0) is 4.79 Å². The summed E-state index contributed by atoms with van der Waals surface area (Å²) in [7, 11) is 3.87. The van der Waals surface area contributed by atoms with Gasteiger partial charge in [-0.25, -0.2) is 0 Å². The average molecular weight is 262 g/mol. The number of amides is 1. The molecule has 1 aliphatic rings. The number of nitrogens with zero attached hydrogens (tertiary/aromatic N) is 1. The highest BCUT2D eigenvalue weighted by molar-refractivity contribution is 6.02. The fourth-order valence-corrected chi connectivity index (χ4v) is 2.19. The summed E-state index contributed by atoms with van der Waals surface area (Å²) in [6.45, 7) is 2.50. The van der Waals surface area contributed by atoms with Crippen molar-refractivity contribution in [2.45, 2.75) is 6.92 Å². The van der Waals surface area contributed by atoms with Gasteiger partial charge >= 0.3 is 0 Å². The molecule has 1 aromatic carbocycles. The van der Waals surface area contributed by atoms with Gasteiger partial charge in [-0.05, 0) is 26.2 Å². The Morgan fingerprint density at radius 2 is 2.21 bits per heavy atom. The van der Waals surface area contributed by atoms with E-state index in [1.54, 1.807) is 18.2 Å². The van der Waals surface area contributed by atoms with Crippen LogP contribution in [0.25, 0.3) is 0 Å². The highest BCUT2D eigenvalue weighted by Crippen LogP contribution is 2.30. The first-order chi connectivity index (χ1) is 8.97. The largest absolute Gasteiger partial charge is 0.492 e. The third kappa shape index (κ3) is 3.12. The van der Waals surface area contributed by atoms with Crippen molar-refractivity contribution in [1.29, 1.82) is 0 Å². The van der Waals surface area contributed by atoms with Crippen molar-refractivity contribution in [3.8, 4) is 5.75 Å². The molecular weight excluding hydrogens is 244 g/mol. The van der Waals surface area contributed by atoms with Gasteiger partial charge in [-0.3, -0.25) is 9.59 Å². The Balaban J connectivity index is 2.21. The third-order valence-electron chi connectivity index (χ3n) is 2.96. The van der Waals surface area contributed by atoms with Gasteiger partial charge < -0.3 is 15.0 Å². The van der Waals surface area contributed by atoms with Crippen LogP contribution < -0.4 is 10.1 Å². The molecule has 0 bridgehead atoms. The second-order valence-electron chi connectivity index (χ2n) is 5.03. The predicted octanol–water partition coefficient (Wildman–Crippen LogP) is 1.40. The lowest BCUT2D eigenvalue weighted by molar-refractivity contribution is -0.114. The lowest BCUT2D eigenvalue weighted by Gasteiger charge is -2.26. The van der Waals surface area contributed by atoms with Crippen LogP contribution in [-0.4, -0.2) is 43.8 Å². The Morgan fingerprint density at radius 3 is 2.84 bits per heavy atom. The second kappa shape index (κ2) is 5.40. The number of ketones is 1. The Labute approximate surface area is 112 Å². The number of ether oxygens (including phenoxy) is 1. The normalized spacial score (nSPS) is 17.9. The molecule has 102 valence electrons. The van der Waals surface area contributed by atoms with Crippen molar-refractivity contribution in [3.05, 3.63) is 23.8 Å². The van der Waals surface area contributed by atoms with E-state index in [-0.39, 0.29) is 17.6 Å². The lowest BCUT2D eigenvalue weighted by Crippen LogP contribution is -2.35. The molecule has 1 aromatic rings. The molecule has 1 unspecified atom stereocenters. The van der Waals surface area contributed by atoms with E-state index in [0.717, 1.165) is 0 Å². The Morgan fingerprint density at radius 1 is 1.47 bits per heavy atom. The molecule has 0 fully saturated rings. The molecule has 19 heavy (non-hydrogen) atoms. The number of anilines is 1. The maximum absolute atomic E-state index is 12.3. The summed E-state index contributed by atoms with van der Waals surface area (Å²) in [6, 6.07) is 5.13. The number of carbonyl (C=O) groups is 2. The minimum absolute atomic E-state index is 0.101. The molecule has 0 radical (unpaired) electrons. The van der Waals surface area contributed by atoms with Crippen LogP contribution >= 0.6 is 0 Å². The van der Waals surface area contributed by atoms with Gasteiger partial charge in [0.05, 0.1) is 18.1 Å². The van der Waals surface area contributed by atoms with Crippen LogP contribution in [0.15, 0.2) is 18.2 Å². The molecule has 2 rings (SSSR count). The van der Waals surface area contributed by atoms with Crippen molar-refractivity contribution >= 4 is 17.4 Å². The van der Waals surface area contributed by atoms with Crippen molar-refractivity contribution in [2.24, 2.45) is 5.92 Å². The van der Waals surface area contributed by atoms with E-state index in [1.807, 2.05) is 19.0 Å². The van der Waals surface area contributed by atoms with E-state index < -0.39 is 0 Å². The zero-order valence-electron chi connectivity index (χ0n) is 11.4. The molecule has 5 nitrogen and oxygen atoms in total. The highest BCUT2D eigenvalue weighted by Gasteiger charge is 2.29. The summed E-state index contributed by atoms with van der Waals surface area (Å²) in [5.74, 6) is 0.372. The van der Waals surface area contributed by atoms with Crippen LogP contribution in [0.4, 0.5) is 5.69 Å². The standard InChI is InChI=1S/C14H18N2O3/c1-9(17)15-11-4-5-12-13(6-11)19-8-10(14(12)18)7-16(2)3/h4-6,10H,7-8H2,1-3H3,(H,15,17). The number of hydrogen-bond acceptors (Lipinski definition) is 4. The number of fused-ring (bicyclic) bond motifs is 1. The van der Waals surface area contributed by atoms with Gasteiger partial charge in [-0.1, -0.05) is 0 Å². The van der Waals surface area contributed by atoms with Gasteiger partial charge in [0, 0.05) is 25.2 Å². The highest BCUT2D eigenvalue weighted by atomic mass is 16.5. The molecule has 0 spiro atoms. The van der Waals surface area contributed by atoms with Crippen LogP contribution in [0.3, 0.4) is 0 Å². The van der Waals surface area contributed by atoms with E-state index in [9.17, 15) is 9.59 Å². The van der Waals surface area contributed by atoms with Gasteiger partial charge in [-0.2, -0.15) is 0 Å². The summed E-state index contributed by atoms with van der Waals surface area (Å²) in [5, 5.41) is 2.67. The van der Waals surface area contributed by atoms with Crippen LogP contribution in [0, 0.1) is 5.92 Å². The summed E-state index contributed by atoms with van der Waals surface area (Å²) in [6.07, 6.45) is 0. The summed E-state index contributed by atoms with van der Waals surface area (Å²) < 4.78 is 5.63. The maximum Gasteiger partial charge on any atom is 0.221 e. The first-order valence-corrected chi connectivity index (χ1v) is 6.20. The number of carbonyl (C=O) groups excluding carboxylic acids is 2. The summed E-state index contributed by atoms with van der Waals surface area (Å²) in [5.41, 5.74) is 1.23. The number of nitrogens with one attached hydrogen (secondary N) is 1. The molecule has 0 aliphatic carbocycles. The van der Waals surface area contributed by atoms with Gasteiger partial charge in [0.25, 0.3) is 0 Å². The molecule has 1 N–H and O–H groups in total. The van der Waals surface area contributed by atoms with Crippen molar-refractivity contribution < 1.29 is 14.3 Å². The van der Waals surface area contributed by atoms with E-state index >= 15 is 0 Å². The Kier molecular flexibility index (Phi) is 3.85. The fourth-order valence-electron chi connectivity index (χ4n) is 2.19. The number of benzene rings is 1. The third-order valence-corrected chi connectivity index (χ3v) is 2.96. The number of Topliss-reactive ketones (excluding diaryl/α,β-unsaturated/α-hetero) is 1. The number of hydrogen-bond donors (Lipinski definition) is 1. The van der Waals surface area contributed by atoms with Gasteiger partial charge in [0.15, 0.2) is 5.78 Å². The summed E-state index contributed by atoms with van der Waals surface area (Å²) >= 11 is 0. The zero-order chi connectivity index (χ0) is 14.0. The van der Waals surface area contributed by atoms with Crippen LogP contribution in [0.5, 0.6) is 5.75 Å². The van der Waals surface area contributed by atoms with E-state index in [2.05, 4.69) is 5.32 Å². The first-order valence-electron chi connectivity index (χ1n) is 6.20. The molecule has 0 aromatic heterocycles. The minimum atomic E-state index is -0.146. The van der Waals surface area contributed by atoms with Gasteiger partial charge in [-0.15, -0.1) is 0 Å². The quantitative estimate of drug-likeness (QED) is 0.894. The van der Waals surface area contributed by atoms with Gasteiger partial charge in [0.2, 0.25) is 5.91 Å². The SMILES string of the molecule is CC(=O)Nc1ccc2c(c1)OCC(CN(C)C)C2=O. The monoisotopic (exact) mass is 262 g/mol. The van der Waals surface area contributed by atoms with E-state index in [0.29, 0.717) is 30.2 Å². The molecular formula is C14H18N2O3. The zero-order valence-corrected chi connectivity index (χ0v) is 11.4. The molecule has 1 amide bonds. The maximum atomic E-state index is 12.3. The van der Waals surface area contributed by atoms with Crippen molar-refractivity contribution in [2.75, 3.05) is 32.6 Å². The van der Waals surface area contributed by atoms with Gasteiger partial charge in [0.1, 0.15) is 5.75 Å². The molecule has 1 heterocycles. The molecule has 5 heteroatoms. The van der Waals surface area contributed by atoms with Crippen LogP contribution in [0.2, 0.25) is 0 Å². The first kappa shape index (κ1) is 13.5. The average Bonchev–Trinajstić information content (AvgIpc) is 2.31. The minimum Gasteiger partial charge on any atom is -0.492 e. The molecule has 1 atom stereocenters. The van der Waals surface area contributed by atoms with Crippen molar-refractivity contribution in [1.82, 2.24) is 4.90 Å². The smallest absolute Gasteiger partial charge is 0.221 e. The topological polar surface area (TPSA) is 58.6 Å². The second-order valence-corrected chi connectivity index (χ2v) is 5.03. The Bertz CT molecular complexity index is 511. The molecule has 0 saturated heterocycles. The number of rotatable bonds is 3. The van der Waals surface area contributed by atoms with E-state index in [1.165, 1.54) is 6.92 Å². The predicted molar refractivity (Wildman–Crippen MR) is 72.6 cm³/mol. The molecule has 1 aliphatic heterocycles. The molecule has 0 saturated carbocycles. The fraction of sp³-hybridized carbons (Fsp3) is 0.429.